The molecule has 31 heavy (non-hydrogen) atoms. The molecule has 1 N–H and O–H groups in total. The number of aromatic nitrogens is 1. The summed E-state index contributed by atoms with van der Waals surface area (Å²) in [5.74, 6) is -0.997. The van der Waals surface area contributed by atoms with Crippen molar-refractivity contribution in [3.63, 3.8) is 0 Å². The molecular formula is C23H21F3N2O2S. The van der Waals surface area contributed by atoms with Gasteiger partial charge in [-0.05, 0) is 55.3 Å². The number of carboxylic acids is 1. The molecule has 1 aromatic heterocycles. The van der Waals surface area contributed by atoms with Gasteiger partial charge in [0.05, 0.1) is 17.8 Å². The van der Waals surface area contributed by atoms with Crippen LogP contribution in [-0.4, -0.2) is 23.1 Å². The number of hydrogen-bond donors (Lipinski definition) is 1. The van der Waals surface area contributed by atoms with E-state index in [0.717, 1.165) is 45.6 Å². The van der Waals surface area contributed by atoms with E-state index in [4.69, 9.17) is 5.11 Å². The van der Waals surface area contributed by atoms with Crippen molar-refractivity contribution in [3.8, 4) is 10.6 Å². The standard InChI is InChI=1S/C23H21F3N2O2S/c1-14-12-16(5-11-21(29)30)4-10-19(14)28(3)13-20-15(2)27-22(31-20)17-6-8-18(9-7-17)23(24,25)26/h4-12H,13H2,1-3H3,(H,29,30)/b11-5+. The van der Waals surface area contributed by atoms with E-state index in [9.17, 15) is 18.0 Å². The first-order valence-corrected chi connectivity index (χ1v) is 10.2. The quantitative estimate of drug-likeness (QED) is 0.460. The van der Waals surface area contributed by atoms with Crippen LogP contribution in [0.1, 0.15) is 27.3 Å². The Morgan fingerprint density at radius 1 is 1.16 bits per heavy atom. The van der Waals surface area contributed by atoms with Crippen LogP contribution in [0, 0.1) is 13.8 Å². The SMILES string of the molecule is Cc1cc(/C=C/C(=O)O)ccc1N(C)Cc1sc(-c2ccc(C(F)(F)F)cc2)nc1C. The Labute approximate surface area is 182 Å². The van der Waals surface area contributed by atoms with Gasteiger partial charge in [0.1, 0.15) is 5.01 Å². The molecule has 0 aliphatic heterocycles. The minimum absolute atomic E-state index is 0.593. The molecular weight excluding hydrogens is 425 g/mol. The summed E-state index contributed by atoms with van der Waals surface area (Å²) in [7, 11) is 1.95. The van der Waals surface area contributed by atoms with E-state index in [2.05, 4.69) is 9.88 Å². The Kier molecular flexibility index (Phi) is 6.50. The number of aliphatic carboxylic acids is 1. The molecule has 0 amide bonds. The van der Waals surface area contributed by atoms with Gasteiger partial charge in [-0.3, -0.25) is 0 Å². The molecule has 0 aliphatic carbocycles. The van der Waals surface area contributed by atoms with Gasteiger partial charge in [0.2, 0.25) is 0 Å². The number of alkyl halides is 3. The summed E-state index contributed by atoms with van der Waals surface area (Å²) in [6.07, 6.45) is -1.72. The predicted octanol–water partition coefficient (Wildman–Crippen LogP) is 6.18. The molecule has 0 spiro atoms. The average Bonchev–Trinajstić information content (AvgIpc) is 3.06. The normalized spacial score (nSPS) is 11.8. The largest absolute Gasteiger partial charge is 0.478 e. The first kappa shape index (κ1) is 22.6. The highest BCUT2D eigenvalue weighted by molar-refractivity contribution is 7.15. The summed E-state index contributed by atoms with van der Waals surface area (Å²) < 4.78 is 38.3. The van der Waals surface area contributed by atoms with Crippen LogP contribution in [0.4, 0.5) is 18.9 Å². The molecule has 0 unspecified atom stereocenters. The van der Waals surface area contributed by atoms with Gasteiger partial charge in [0.25, 0.3) is 0 Å². The highest BCUT2D eigenvalue weighted by Gasteiger charge is 2.30. The van der Waals surface area contributed by atoms with Crippen LogP contribution in [0.5, 0.6) is 0 Å². The highest BCUT2D eigenvalue weighted by atomic mass is 32.1. The fourth-order valence-corrected chi connectivity index (χ4v) is 4.30. The lowest BCUT2D eigenvalue weighted by Crippen LogP contribution is -2.17. The maximum absolute atomic E-state index is 12.8. The highest BCUT2D eigenvalue weighted by Crippen LogP contribution is 2.34. The molecule has 162 valence electrons. The molecule has 4 nitrogen and oxygen atoms in total. The third-order valence-electron chi connectivity index (χ3n) is 4.78. The molecule has 3 aromatic rings. The van der Waals surface area contributed by atoms with Gasteiger partial charge in [-0.2, -0.15) is 13.2 Å². The second-order valence-electron chi connectivity index (χ2n) is 7.18. The van der Waals surface area contributed by atoms with Gasteiger partial charge < -0.3 is 10.0 Å². The van der Waals surface area contributed by atoms with Crippen molar-refractivity contribution < 1.29 is 23.1 Å². The second-order valence-corrected chi connectivity index (χ2v) is 8.26. The third-order valence-corrected chi connectivity index (χ3v) is 5.97. The van der Waals surface area contributed by atoms with E-state index >= 15 is 0 Å². The van der Waals surface area contributed by atoms with Crippen molar-refractivity contribution in [2.45, 2.75) is 26.6 Å². The smallest absolute Gasteiger partial charge is 0.416 e. The number of thiazole rings is 1. The minimum Gasteiger partial charge on any atom is -0.478 e. The van der Waals surface area contributed by atoms with Gasteiger partial charge >= 0.3 is 12.1 Å². The van der Waals surface area contributed by atoms with Gasteiger partial charge in [0.15, 0.2) is 0 Å². The fraction of sp³-hybridized carbons (Fsp3) is 0.217. The molecule has 0 bridgehead atoms. The van der Waals surface area contributed by atoms with Crippen LogP contribution < -0.4 is 4.90 Å². The number of hydrogen-bond acceptors (Lipinski definition) is 4. The van der Waals surface area contributed by atoms with Gasteiger partial charge in [0, 0.05) is 29.3 Å². The van der Waals surface area contributed by atoms with Crippen molar-refractivity contribution >= 4 is 29.1 Å². The molecule has 0 atom stereocenters. The van der Waals surface area contributed by atoms with E-state index in [0.29, 0.717) is 17.1 Å². The molecule has 0 aliphatic rings. The molecule has 0 fully saturated rings. The number of rotatable bonds is 6. The van der Waals surface area contributed by atoms with Crippen molar-refractivity contribution in [2.75, 3.05) is 11.9 Å². The van der Waals surface area contributed by atoms with E-state index in [1.807, 2.05) is 39.1 Å². The van der Waals surface area contributed by atoms with E-state index < -0.39 is 17.7 Å². The number of carboxylic acid groups (broad SMARTS) is 1. The molecule has 0 saturated heterocycles. The number of carbonyl (C=O) groups is 1. The lowest BCUT2D eigenvalue weighted by Gasteiger charge is -2.21. The van der Waals surface area contributed by atoms with Gasteiger partial charge in [-0.15, -0.1) is 11.3 Å². The van der Waals surface area contributed by atoms with E-state index in [1.165, 1.54) is 23.5 Å². The van der Waals surface area contributed by atoms with Crippen molar-refractivity contribution in [1.29, 1.82) is 0 Å². The number of nitrogens with zero attached hydrogens (tertiary/aromatic N) is 2. The first-order chi connectivity index (χ1) is 14.5. The third kappa shape index (κ3) is 5.52. The van der Waals surface area contributed by atoms with Crippen LogP contribution in [-0.2, 0) is 17.5 Å². The fourth-order valence-electron chi connectivity index (χ4n) is 3.18. The monoisotopic (exact) mass is 446 g/mol. The Bertz CT molecular complexity index is 1120. The number of halogens is 3. The molecule has 0 radical (unpaired) electrons. The Morgan fingerprint density at radius 3 is 2.42 bits per heavy atom. The van der Waals surface area contributed by atoms with E-state index in [-0.39, 0.29) is 0 Å². The second kappa shape index (κ2) is 8.93. The summed E-state index contributed by atoms with van der Waals surface area (Å²) in [6.45, 7) is 4.44. The molecule has 3 rings (SSSR count). The zero-order valence-electron chi connectivity index (χ0n) is 17.2. The van der Waals surface area contributed by atoms with Crippen LogP contribution in [0.3, 0.4) is 0 Å². The average molecular weight is 446 g/mol. The zero-order chi connectivity index (χ0) is 22.8. The molecule has 8 heteroatoms. The van der Waals surface area contributed by atoms with Crippen molar-refractivity contribution in [1.82, 2.24) is 4.98 Å². The number of anilines is 1. The predicted molar refractivity (Wildman–Crippen MR) is 117 cm³/mol. The summed E-state index contributed by atoms with van der Waals surface area (Å²) >= 11 is 1.46. The van der Waals surface area contributed by atoms with Crippen LogP contribution in [0.25, 0.3) is 16.6 Å². The minimum atomic E-state index is -4.36. The molecule has 1 heterocycles. The summed E-state index contributed by atoms with van der Waals surface area (Å²) in [6, 6.07) is 10.7. The summed E-state index contributed by atoms with van der Waals surface area (Å²) in [5.41, 5.74) is 3.61. The van der Waals surface area contributed by atoms with Crippen molar-refractivity contribution in [2.24, 2.45) is 0 Å². The molecule has 2 aromatic carbocycles. The topological polar surface area (TPSA) is 53.4 Å². The van der Waals surface area contributed by atoms with Gasteiger partial charge in [-0.1, -0.05) is 18.2 Å². The van der Waals surface area contributed by atoms with E-state index in [1.54, 1.807) is 6.08 Å². The number of aryl methyl sites for hydroxylation is 2. The lowest BCUT2D eigenvalue weighted by molar-refractivity contribution is -0.137. The maximum Gasteiger partial charge on any atom is 0.416 e. The van der Waals surface area contributed by atoms with Gasteiger partial charge in [-0.25, -0.2) is 9.78 Å². The van der Waals surface area contributed by atoms with Crippen LogP contribution in [0.15, 0.2) is 48.5 Å². The van der Waals surface area contributed by atoms with Crippen LogP contribution >= 0.6 is 11.3 Å². The van der Waals surface area contributed by atoms with Crippen LogP contribution in [0.2, 0.25) is 0 Å². The maximum atomic E-state index is 12.8. The summed E-state index contributed by atoms with van der Waals surface area (Å²) in [4.78, 5) is 18.3. The van der Waals surface area contributed by atoms with Crippen molar-refractivity contribution in [3.05, 3.63) is 75.8 Å². The summed E-state index contributed by atoms with van der Waals surface area (Å²) in [5, 5.41) is 9.44. The zero-order valence-corrected chi connectivity index (χ0v) is 18.0. The Hall–Kier alpha value is -3.13. The lowest BCUT2D eigenvalue weighted by atomic mass is 10.1. The Balaban J connectivity index is 1.78. The number of benzene rings is 2. The molecule has 0 saturated carbocycles. The Morgan fingerprint density at radius 2 is 1.84 bits per heavy atom. The first-order valence-electron chi connectivity index (χ1n) is 9.41.